The molecule has 1 aromatic carbocycles. The summed E-state index contributed by atoms with van der Waals surface area (Å²) < 4.78 is 0. The first-order chi connectivity index (χ1) is 10.4. The lowest BCUT2D eigenvalue weighted by Crippen LogP contribution is -2.42. The average molecular weight is 300 g/mol. The van der Waals surface area contributed by atoms with Gasteiger partial charge in [-0.25, -0.2) is 0 Å². The minimum atomic E-state index is -0.209. The van der Waals surface area contributed by atoms with Gasteiger partial charge in [-0.15, -0.1) is 0 Å². The van der Waals surface area contributed by atoms with Crippen LogP contribution in [-0.4, -0.2) is 28.6 Å². The molecule has 1 aliphatic heterocycles. The second-order valence-corrected chi connectivity index (χ2v) is 5.35. The van der Waals surface area contributed by atoms with Gasteiger partial charge in [0.05, 0.1) is 17.0 Å². The van der Waals surface area contributed by atoms with Gasteiger partial charge in [-0.2, -0.15) is 10.1 Å². The lowest BCUT2D eigenvalue weighted by Gasteiger charge is -2.25. The minimum Gasteiger partial charge on any atom is -0.289 e. The molecule has 22 heavy (non-hydrogen) atoms. The number of amides is 2. The van der Waals surface area contributed by atoms with Crippen LogP contribution in [-0.2, 0) is 9.59 Å². The maximum atomic E-state index is 12.6. The largest absolute Gasteiger partial charge is 0.289 e. The molecule has 0 aliphatic carbocycles. The zero-order valence-corrected chi connectivity index (χ0v) is 13.2. The molecule has 0 unspecified atom stereocenters. The number of hydrogen-bond donors (Lipinski definition) is 1. The summed E-state index contributed by atoms with van der Waals surface area (Å²) >= 11 is 0. The molecule has 0 spiro atoms. The maximum absolute atomic E-state index is 12.6. The van der Waals surface area contributed by atoms with Crippen molar-refractivity contribution in [2.24, 2.45) is 5.10 Å². The summed E-state index contributed by atoms with van der Waals surface area (Å²) in [4.78, 5) is 23.8. The van der Waals surface area contributed by atoms with Crippen molar-refractivity contribution in [2.45, 2.75) is 33.7 Å². The molecule has 1 aliphatic rings. The monoisotopic (exact) mass is 300 g/mol. The lowest BCUT2D eigenvalue weighted by molar-refractivity contribution is -0.123. The van der Waals surface area contributed by atoms with E-state index in [0.29, 0.717) is 17.0 Å². The Morgan fingerprint density at radius 1 is 1.32 bits per heavy atom. The smallest absolute Gasteiger partial charge is 0.282 e. The molecule has 0 saturated carbocycles. The van der Waals surface area contributed by atoms with Crippen LogP contribution in [0.15, 0.2) is 47.2 Å². The number of benzene rings is 1. The number of carbonyl (C=O) groups excluding carboxylic acids is 2. The second-order valence-electron chi connectivity index (χ2n) is 5.35. The van der Waals surface area contributed by atoms with E-state index in [2.05, 4.69) is 10.5 Å². The topological polar surface area (TPSA) is 65.0 Å². The van der Waals surface area contributed by atoms with E-state index in [1.165, 1.54) is 11.9 Å². The first-order valence-electron chi connectivity index (χ1n) is 7.12. The Morgan fingerprint density at radius 2 is 1.95 bits per heavy atom. The summed E-state index contributed by atoms with van der Waals surface area (Å²) in [6, 6.07) is 9.26. The van der Waals surface area contributed by atoms with E-state index in [-0.39, 0.29) is 17.9 Å². The van der Waals surface area contributed by atoms with Crippen LogP contribution in [0.1, 0.15) is 27.7 Å². The highest BCUT2D eigenvalue weighted by atomic mass is 16.2. The molecule has 1 N–H and O–H groups in total. The third-order valence-electron chi connectivity index (χ3n) is 3.17. The average Bonchev–Trinajstić information content (AvgIpc) is 2.75. The van der Waals surface area contributed by atoms with Crippen LogP contribution >= 0.6 is 0 Å². The van der Waals surface area contributed by atoms with Crippen LogP contribution < -0.4 is 10.4 Å². The molecule has 1 aromatic rings. The Bertz CT molecular complexity index is 635. The number of hydrogen-bond acceptors (Lipinski definition) is 4. The third-order valence-corrected chi connectivity index (χ3v) is 3.17. The molecule has 0 aromatic heterocycles. The predicted molar refractivity (Wildman–Crippen MR) is 85.9 cm³/mol. The zero-order chi connectivity index (χ0) is 16.3. The summed E-state index contributed by atoms with van der Waals surface area (Å²) in [7, 11) is 0. The van der Waals surface area contributed by atoms with Crippen molar-refractivity contribution >= 4 is 23.2 Å². The van der Waals surface area contributed by atoms with E-state index in [1.54, 1.807) is 18.1 Å². The number of carbonyl (C=O) groups is 2. The van der Waals surface area contributed by atoms with Crippen molar-refractivity contribution in [3.05, 3.63) is 42.1 Å². The first-order valence-corrected chi connectivity index (χ1v) is 7.12. The highest BCUT2D eigenvalue weighted by molar-refractivity contribution is 6.29. The van der Waals surface area contributed by atoms with Gasteiger partial charge in [-0.3, -0.25) is 20.0 Å². The standard InChI is InChI=1S/C16H20N4O2/c1-11(2)19(18-13(4)21)10-15-12(3)17-20(16(15)22)14-8-6-5-7-9-14/h5-11H,1-4H3,(H,18,21)/b15-10-. The quantitative estimate of drug-likeness (QED) is 0.683. The van der Waals surface area contributed by atoms with Gasteiger partial charge in [0.2, 0.25) is 5.91 Å². The van der Waals surface area contributed by atoms with Crippen molar-refractivity contribution in [1.82, 2.24) is 10.4 Å². The Labute approximate surface area is 130 Å². The minimum absolute atomic E-state index is 0.0165. The molecule has 2 amide bonds. The van der Waals surface area contributed by atoms with Gasteiger partial charge in [-0.1, -0.05) is 18.2 Å². The van der Waals surface area contributed by atoms with Gasteiger partial charge in [0.25, 0.3) is 5.91 Å². The van der Waals surface area contributed by atoms with Crippen LogP contribution in [0.25, 0.3) is 0 Å². The van der Waals surface area contributed by atoms with Crippen LogP contribution in [0.4, 0.5) is 5.69 Å². The molecule has 0 radical (unpaired) electrons. The van der Waals surface area contributed by atoms with Gasteiger partial charge in [0.15, 0.2) is 0 Å². The van der Waals surface area contributed by atoms with E-state index >= 15 is 0 Å². The Kier molecular flexibility index (Phi) is 4.60. The van der Waals surface area contributed by atoms with Gasteiger partial charge in [-0.05, 0) is 32.9 Å². The highest BCUT2D eigenvalue weighted by Crippen LogP contribution is 2.23. The molecule has 2 rings (SSSR count). The molecule has 116 valence electrons. The summed E-state index contributed by atoms with van der Waals surface area (Å²) in [5, 5.41) is 7.29. The Balaban J connectivity index is 2.29. The summed E-state index contributed by atoms with van der Waals surface area (Å²) in [6.45, 7) is 7.06. The number of para-hydroxylation sites is 1. The molecular formula is C16H20N4O2. The van der Waals surface area contributed by atoms with Crippen molar-refractivity contribution < 1.29 is 9.59 Å². The molecule has 6 heteroatoms. The van der Waals surface area contributed by atoms with E-state index < -0.39 is 0 Å². The lowest BCUT2D eigenvalue weighted by atomic mass is 10.2. The summed E-state index contributed by atoms with van der Waals surface area (Å²) in [5.74, 6) is -0.398. The van der Waals surface area contributed by atoms with Crippen molar-refractivity contribution in [3.8, 4) is 0 Å². The molecule has 6 nitrogen and oxygen atoms in total. The van der Waals surface area contributed by atoms with Gasteiger partial charge < -0.3 is 0 Å². The van der Waals surface area contributed by atoms with Crippen LogP contribution in [0, 0.1) is 0 Å². The highest BCUT2D eigenvalue weighted by Gasteiger charge is 2.29. The molecule has 0 atom stereocenters. The maximum Gasteiger partial charge on any atom is 0.282 e. The number of anilines is 1. The normalized spacial score (nSPS) is 16.2. The van der Waals surface area contributed by atoms with E-state index in [0.717, 1.165) is 0 Å². The van der Waals surface area contributed by atoms with Gasteiger partial charge in [0, 0.05) is 19.2 Å². The second kappa shape index (κ2) is 6.43. The fourth-order valence-electron chi connectivity index (χ4n) is 2.04. The number of rotatable bonds is 4. The van der Waals surface area contributed by atoms with Crippen LogP contribution in [0.5, 0.6) is 0 Å². The molecule has 1 heterocycles. The predicted octanol–water partition coefficient (Wildman–Crippen LogP) is 2.05. The van der Waals surface area contributed by atoms with E-state index in [9.17, 15) is 9.59 Å². The number of hydrazone groups is 1. The fourth-order valence-corrected chi connectivity index (χ4v) is 2.04. The van der Waals surface area contributed by atoms with Crippen LogP contribution in [0.2, 0.25) is 0 Å². The summed E-state index contributed by atoms with van der Waals surface area (Å²) in [6.07, 6.45) is 1.64. The van der Waals surface area contributed by atoms with Gasteiger partial charge in [0.1, 0.15) is 0 Å². The number of nitrogens with one attached hydrogen (secondary N) is 1. The molecule has 0 bridgehead atoms. The Hall–Kier alpha value is -2.63. The number of nitrogens with zero attached hydrogens (tertiary/aromatic N) is 3. The molecule has 0 fully saturated rings. The van der Waals surface area contributed by atoms with Gasteiger partial charge >= 0.3 is 0 Å². The van der Waals surface area contributed by atoms with Crippen molar-refractivity contribution in [3.63, 3.8) is 0 Å². The fraction of sp³-hybridized carbons (Fsp3) is 0.312. The third kappa shape index (κ3) is 3.33. The molecule has 0 saturated heterocycles. The Morgan fingerprint density at radius 3 is 2.50 bits per heavy atom. The zero-order valence-electron chi connectivity index (χ0n) is 13.2. The van der Waals surface area contributed by atoms with Crippen molar-refractivity contribution in [1.29, 1.82) is 0 Å². The van der Waals surface area contributed by atoms with E-state index in [1.807, 2.05) is 44.2 Å². The molecular weight excluding hydrogens is 280 g/mol. The number of hydrazine groups is 1. The van der Waals surface area contributed by atoms with Crippen LogP contribution in [0.3, 0.4) is 0 Å². The van der Waals surface area contributed by atoms with E-state index in [4.69, 9.17) is 0 Å². The first kappa shape index (κ1) is 15.8. The summed E-state index contributed by atoms with van der Waals surface area (Å²) in [5.41, 5.74) is 4.49. The van der Waals surface area contributed by atoms with Crippen molar-refractivity contribution in [2.75, 3.05) is 5.01 Å². The SMILES string of the molecule is CC(=O)NN(/C=C1\C(=O)N(c2ccccc2)N=C1C)C(C)C.